The Morgan fingerprint density at radius 2 is 0.860 bits per heavy atom. The quantitative estimate of drug-likeness (QED) is 0.164. The van der Waals surface area contributed by atoms with E-state index in [9.17, 15) is 0 Å². The molecule has 57 heavy (non-hydrogen) atoms. The predicted molar refractivity (Wildman–Crippen MR) is 238 cm³/mol. The van der Waals surface area contributed by atoms with Crippen molar-refractivity contribution in [2.45, 2.75) is 5.41 Å². The number of furan rings is 1. The Balaban J connectivity index is 1.15. The summed E-state index contributed by atoms with van der Waals surface area (Å²) in [6, 6.07) is 77.6. The van der Waals surface area contributed by atoms with E-state index < -0.39 is 5.41 Å². The molecule has 1 aliphatic carbocycles. The second-order valence-corrected chi connectivity index (χ2v) is 15.2. The summed E-state index contributed by atoms with van der Waals surface area (Å²) in [5.41, 5.74) is 12.3. The van der Waals surface area contributed by atoms with Crippen molar-refractivity contribution >= 4 is 71.3 Å². The van der Waals surface area contributed by atoms with E-state index in [0.29, 0.717) is 0 Å². The Kier molecular flexibility index (Phi) is 6.88. The maximum Gasteiger partial charge on any atom is 0.136 e. The highest BCUT2D eigenvalue weighted by molar-refractivity contribution is 6.34. The van der Waals surface area contributed by atoms with Crippen molar-refractivity contribution in [1.29, 1.82) is 0 Å². The molecule has 0 atom stereocenters. The average molecular weight is 726 g/mol. The first kappa shape index (κ1) is 31.9. The van der Waals surface area contributed by atoms with E-state index in [0.717, 1.165) is 33.6 Å². The molecule has 0 spiro atoms. The number of benzene rings is 10. The van der Waals surface area contributed by atoms with Crippen LogP contribution in [0, 0.1) is 0 Å². The number of fused-ring (bicyclic) bond motifs is 13. The highest BCUT2D eigenvalue weighted by Gasteiger charge is 2.46. The third-order valence-electron chi connectivity index (χ3n) is 12.3. The van der Waals surface area contributed by atoms with Crippen molar-refractivity contribution in [3.05, 3.63) is 235 Å². The van der Waals surface area contributed by atoms with Crippen molar-refractivity contribution in [3.8, 4) is 11.1 Å². The fourth-order valence-electron chi connectivity index (χ4n) is 9.98. The molecule has 2 heteroatoms. The second-order valence-electron chi connectivity index (χ2n) is 15.2. The van der Waals surface area contributed by atoms with Crippen LogP contribution < -0.4 is 4.90 Å². The molecule has 0 N–H and O–H groups in total. The van der Waals surface area contributed by atoms with Crippen LogP contribution in [-0.4, -0.2) is 0 Å². The van der Waals surface area contributed by atoms with E-state index in [4.69, 9.17) is 4.42 Å². The van der Waals surface area contributed by atoms with Gasteiger partial charge in [0.15, 0.2) is 0 Å². The lowest BCUT2D eigenvalue weighted by Gasteiger charge is -2.35. The van der Waals surface area contributed by atoms with Crippen molar-refractivity contribution in [1.82, 2.24) is 0 Å². The molecule has 0 amide bonds. The van der Waals surface area contributed by atoms with E-state index in [1.807, 2.05) is 6.07 Å². The van der Waals surface area contributed by atoms with Crippen LogP contribution in [0.3, 0.4) is 0 Å². The summed E-state index contributed by atoms with van der Waals surface area (Å²) in [6.07, 6.45) is 0. The highest BCUT2D eigenvalue weighted by Crippen LogP contribution is 2.57. The lowest BCUT2D eigenvalue weighted by atomic mass is 9.67. The van der Waals surface area contributed by atoms with Crippen LogP contribution in [0.1, 0.15) is 22.3 Å². The van der Waals surface area contributed by atoms with Crippen LogP contribution in [0.25, 0.3) is 65.4 Å². The molecular formula is C55H35NO. The van der Waals surface area contributed by atoms with Crippen molar-refractivity contribution in [2.24, 2.45) is 0 Å². The molecule has 10 aromatic carbocycles. The van der Waals surface area contributed by atoms with Crippen molar-refractivity contribution < 1.29 is 4.42 Å². The van der Waals surface area contributed by atoms with Gasteiger partial charge in [-0.1, -0.05) is 158 Å². The van der Waals surface area contributed by atoms with E-state index in [-0.39, 0.29) is 0 Å². The first-order valence-corrected chi connectivity index (χ1v) is 19.7. The maximum atomic E-state index is 6.43. The summed E-state index contributed by atoms with van der Waals surface area (Å²) in [5.74, 6) is 0. The molecule has 0 unspecified atom stereocenters. The number of hydrogen-bond donors (Lipinski definition) is 0. The molecule has 11 aromatic rings. The monoisotopic (exact) mass is 725 g/mol. The average Bonchev–Trinajstić information content (AvgIpc) is 3.81. The van der Waals surface area contributed by atoms with Crippen LogP contribution in [-0.2, 0) is 5.41 Å². The van der Waals surface area contributed by atoms with Gasteiger partial charge >= 0.3 is 0 Å². The summed E-state index contributed by atoms with van der Waals surface area (Å²) >= 11 is 0. The van der Waals surface area contributed by atoms with Gasteiger partial charge in [-0.25, -0.2) is 0 Å². The van der Waals surface area contributed by atoms with Gasteiger partial charge in [0, 0.05) is 33.2 Å². The molecule has 12 rings (SSSR count). The van der Waals surface area contributed by atoms with E-state index in [1.165, 1.54) is 71.1 Å². The lowest BCUT2D eigenvalue weighted by molar-refractivity contribution is 0.669. The van der Waals surface area contributed by atoms with Crippen LogP contribution >= 0.6 is 0 Å². The lowest BCUT2D eigenvalue weighted by Crippen LogP contribution is -2.28. The molecule has 0 saturated heterocycles. The van der Waals surface area contributed by atoms with Crippen LogP contribution in [0.15, 0.2) is 217 Å². The van der Waals surface area contributed by atoms with Gasteiger partial charge in [-0.3, -0.25) is 0 Å². The minimum atomic E-state index is -0.496. The predicted octanol–water partition coefficient (Wildman–Crippen LogP) is 14.9. The molecule has 0 aliphatic heterocycles. The zero-order chi connectivity index (χ0) is 37.5. The van der Waals surface area contributed by atoms with E-state index >= 15 is 0 Å². The summed E-state index contributed by atoms with van der Waals surface area (Å²) in [6.45, 7) is 0. The normalized spacial score (nSPS) is 13.1. The Hall–Kier alpha value is -7.42. The topological polar surface area (TPSA) is 16.4 Å². The third kappa shape index (κ3) is 4.53. The van der Waals surface area contributed by atoms with Gasteiger partial charge < -0.3 is 9.32 Å². The smallest absolute Gasteiger partial charge is 0.136 e. The summed E-state index contributed by atoms with van der Waals surface area (Å²) < 4.78 is 6.43. The third-order valence-corrected chi connectivity index (χ3v) is 12.3. The highest BCUT2D eigenvalue weighted by atomic mass is 16.3. The van der Waals surface area contributed by atoms with Gasteiger partial charge in [0.05, 0.1) is 5.41 Å². The molecule has 0 saturated carbocycles. The fraction of sp³-hybridized carbons (Fsp3) is 0.0182. The van der Waals surface area contributed by atoms with Crippen molar-refractivity contribution in [2.75, 3.05) is 4.90 Å². The first-order valence-electron chi connectivity index (χ1n) is 19.7. The largest absolute Gasteiger partial charge is 0.456 e. The van der Waals surface area contributed by atoms with Gasteiger partial charge in [0.25, 0.3) is 0 Å². The maximum absolute atomic E-state index is 6.43. The standard InChI is InChI=1S/C55H35NO/c1-4-16-36(17-5-1)55(37-18-6-2-7-19-37)49-26-14-12-23-43(49)44-31-29-40(35-50(44)55)56(38-20-8-3-9-21-38)39-28-30-42-41-22-10-11-24-45(41)53-46(48(42)34-39)32-33-52-54(53)47-25-13-15-27-51(47)57-52/h1-35H. The number of nitrogens with zero attached hydrogens (tertiary/aromatic N) is 1. The van der Waals surface area contributed by atoms with Gasteiger partial charge in [-0.2, -0.15) is 0 Å². The van der Waals surface area contributed by atoms with Gasteiger partial charge in [0.1, 0.15) is 11.2 Å². The number of rotatable bonds is 5. The van der Waals surface area contributed by atoms with Crippen LogP contribution in [0.2, 0.25) is 0 Å². The molecule has 0 fully saturated rings. The molecule has 0 radical (unpaired) electrons. The van der Waals surface area contributed by atoms with Crippen LogP contribution in [0.5, 0.6) is 0 Å². The molecule has 1 aromatic heterocycles. The number of hydrogen-bond acceptors (Lipinski definition) is 2. The Bertz CT molecular complexity index is 3310. The summed E-state index contributed by atoms with van der Waals surface area (Å²) in [5, 5.41) is 9.68. The molecule has 1 heterocycles. The first-order chi connectivity index (χ1) is 28.3. The van der Waals surface area contributed by atoms with Gasteiger partial charge in [-0.05, 0) is 115 Å². The Morgan fingerprint density at radius 3 is 1.63 bits per heavy atom. The molecule has 1 aliphatic rings. The molecule has 266 valence electrons. The van der Waals surface area contributed by atoms with Gasteiger partial charge in [-0.15, -0.1) is 0 Å². The molecular weight excluding hydrogens is 691 g/mol. The SMILES string of the molecule is c1ccc(N(c2ccc3c(c2)C(c2ccccc2)(c2ccccc2)c2ccccc2-3)c2ccc3c4ccccc4c4c(ccc5oc6ccccc6c54)c3c2)cc1. The summed E-state index contributed by atoms with van der Waals surface area (Å²) in [4.78, 5) is 2.43. The number of anilines is 3. The fourth-order valence-corrected chi connectivity index (χ4v) is 9.98. The van der Waals surface area contributed by atoms with Crippen molar-refractivity contribution in [3.63, 3.8) is 0 Å². The zero-order valence-electron chi connectivity index (χ0n) is 31.1. The molecule has 2 nitrogen and oxygen atoms in total. The Labute approximate surface area is 330 Å². The van der Waals surface area contributed by atoms with E-state index in [2.05, 4.69) is 211 Å². The zero-order valence-corrected chi connectivity index (χ0v) is 31.1. The van der Waals surface area contributed by atoms with Gasteiger partial charge in [0.2, 0.25) is 0 Å². The molecule has 0 bridgehead atoms. The van der Waals surface area contributed by atoms with E-state index in [1.54, 1.807) is 0 Å². The minimum Gasteiger partial charge on any atom is -0.456 e. The second kappa shape index (κ2) is 12.3. The number of para-hydroxylation sites is 2. The Morgan fingerprint density at radius 1 is 0.316 bits per heavy atom. The van der Waals surface area contributed by atoms with Crippen LogP contribution in [0.4, 0.5) is 17.1 Å². The summed E-state index contributed by atoms with van der Waals surface area (Å²) in [7, 11) is 0. The minimum absolute atomic E-state index is 0.496.